The molecule has 1 aliphatic rings. The molecule has 3 heterocycles. The highest BCUT2D eigenvalue weighted by atomic mass is 127. The molecular formula is C21H29IN8. The number of nitrogens with zero attached hydrogens (tertiary/aromatic N) is 6. The van der Waals surface area contributed by atoms with E-state index in [9.17, 15) is 0 Å². The fourth-order valence-corrected chi connectivity index (χ4v) is 3.80. The molecule has 0 spiro atoms. The second-order valence-electron chi connectivity index (χ2n) is 7.39. The predicted molar refractivity (Wildman–Crippen MR) is 128 cm³/mol. The average Bonchev–Trinajstić information content (AvgIpc) is 3.30. The Labute approximate surface area is 194 Å². The molecule has 0 saturated carbocycles. The van der Waals surface area contributed by atoms with E-state index < -0.39 is 0 Å². The molecule has 0 bridgehead atoms. The summed E-state index contributed by atoms with van der Waals surface area (Å²) in [6.45, 7) is 6.34. The summed E-state index contributed by atoms with van der Waals surface area (Å²) in [6, 6.07) is 10.4. The van der Waals surface area contributed by atoms with Gasteiger partial charge in [-0.05, 0) is 44.4 Å². The SMILES string of the molecule is CN=C(NCc1ccccc1-n1nc(C)cc1C)NCc1nnc2n1CCCC2.I. The van der Waals surface area contributed by atoms with Crippen molar-refractivity contribution >= 4 is 29.9 Å². The van der Waals surface area contributed by atoms with E-state index in [0.717, 1.165) is 53.2 Å². The Morgan fingerprint density at radius 2 is 1.90 bits per heavy atom. The number of nitrogens with one attached hydrogen (secondary N) is 2. The molecule has 0 saturated heterocycles. The first-order valence-corrected chi connectivity index (χ1v) is 10.1. The van der Waals surface area contributed by atoms with Crippen LogP contribution in [0.15, 0.2) is 35.3 Å². The van der Waals surface area contributed by atoms with Crippen LogP contribution in [0.25, 0.3) is 5.69 Å². The first-order chi connectivity index (χ1) is 14.2. The van der Waals surface area contributed by atoms with Crippen molar-refractivity contribution in [3.05, 3.63) is 58.9 Å². The van der Waals surface area contributed by atoms with Gasteiger partial charge in [-0.3, -0.25) is 4.99 Å². The standard InChI is InChI=1S/C21H28N8.HI/c1-15-12-16(2)29(27-15)18-9-5-4-8-17(18)13-23-21(22-3)24-14-20-26-25-19-10-6-7-11-28(19)20;/h4-5,8-9,12H,6-7,10-11,13-14H2,1-3H3,(H2,22,23,24);1H. The number of para-hydroxylation sites is 1. The molecule has 8 nitrogen and oxygen atoms in total. The molecule has 1 aliphatic heterocycles. The minimum absolute atomic E-state index is 0. The maximum Gasteiger partial charge on any atom is 0.191 e. The van der Waals surface area contributed by atoms with E-state index >= 15 is 0 Å². The van der Waals surface area contributed by atoms with E-state index in [1.807, 2.05) is 23.7 Å². The number of hydrogen-bond acceptors (Lipinski definition) is 4. The second kappa shape index (κ2) is 10.1. The minimum Gasteiger partial charge on any atom is -0.352 e. The highest BCUT2D eigenvalue weighted by Gasteiger charge is 2.16. The van der Waals surface area contributed by atoms with Crippen molar-refractivity contribution in [1.82, 2.24) is 35.2 Å². The Kier molecular flexibility index (Phi) is 7.46. The Morgan fingerprint density at radius 1 is 1.10 bits per heavy atom. The van der Waals surface area contributed by atoms with Gasteiger partial charge in [0, 0.05) is 32.3 Å². The van der Waals surface area contributed by atoms with Gasteiger partial charge in [0.1, 0.15) is 5.82 Å². The van der Waals surface area contributed by atoms with Gasteiger partial charge in [0.05, 0.1) is 17.9 Å². The quantitative estimate of drug-likeness (QED) is 0.307. The van der Waals surface area contributed by atoms with Gasteiger partial charge in [-0.25, -0.2) is 4.68 Å². The third kappa shape index (κ3) is 4.82. The zero-order valence-electron chi connectivity index (χ0n) is 17.7. The fraction of sp³-hybridized carbons (Fsp3) is 0.429. The lowest BCUT2D eigenvalue weighted by atomic mass is 10.1. The third-order valence-corrected chi connectivity index (χ3v) is 5.25. The van der Waals surface area contributed by atoms with Gasteiger partial charge in [-0.1, -0.05) is 18.2 Å². The number of guanidine groups is 1. The normalized spacial score (nSPS) is 13.5. The summed E-state index contributed by atoms with van der Waals surface area (Å²) in [5, 5.41) is 20.0. The zero-order valence-corrected chi connectivity index (χ0v) is 20.1. The minimum atomic E-state index is 0. The van der Waals surface area contributed by atoms with Crippen LogP contribution in [-0.2, 0) is 26.1 Å². The lowest BCUT2D eigenvalue weighted by Gasteiger charge is -2.17. The molecule has 0 amide bonds. The maximum absolute atomic E-state index is 4.62. The molecule has 160 valence electrons. The van der Waals surface area contributed by atoms with Crippen LogP contribution in [0.1, 0.15) is 41.4 Å². The molecule has 0 aliphatic carbocycles. The number of aryl methyl sites for hydroxylation is 3. The molecule has 4 rings (SSSR count). The van der Waals surface area contributed by atoms with Gasteiger partial charge < -0.3 is 15.2 Å². The Balaban J connectivity index is 0.00000256. The van der Waals surface area contributed by atoms with Crippen molar-refractivity contribution in [3.63, 3.8) is 0 Å². The van der Waals surface area contributed by atoms with Crippen molar-refractivity contribution in [2.24, 2.45) is 4.99 Å². The van der Waals surface area contributed by atoms with E-state index in [-0.39, 0.29) is 24.0 Å². The highest BCUT2D eigenvalue weighted by molar-refractivity contribution is 14.0. The van der Waals surface area contributed by atoms with E-state index in [1.165, 1.54) is 12.8 Å². The molecular weight excluding hydrogens is 491 g/mol. The predicted octanol–water partition coefficient (Wildman–Crippen LogP) is 2.90. The molecule has 30 heavy (non-hydrogen) atoms. The number of aliphatic imine (C=N–C) groups is 1. The summed E-state index contributed by atoms with van der Waals surface area (Å²) >= 11 is 0. The molecule has 0 atom stereocenters. The van der Waals surface area contributed by atoms with Crippen LogP contribution in [0.3, 0.4) is 0 Å². The first kappa shape index (κ1) is 22.3. The summed E-state index contributed by atoms with van der Waals surface area (Å²) in [5.74, 6) is 2.79. The first-order valence-electron chi connectivity index (χ1n) is 10.1. The van der Waals surface area contributed by atoms with Crippen LogP contribution in [0.5, 0.6) is 0 Å². The van der Waals surface area contributed by atoms with Gasteiger partial charge in [0.25, 0.3) is 0 Å². The Hall–Kier alpha value is -2.43. The molecule has 0 fully saturated rings. The molecule has 1 aromatic carbocycles. The van der Waals surface area contributed by atoms with E-state index in [0.29, 0.717) is 13.1 Å². The molecule has 2 aromatic heterocycles. The zero-order chi connectivity index (χ0) is 20.2. The molecule has 0 unspecified atom stereocenters. The number of benzene rings is 1. The van der Waals surface area contributed by atoms with Crippen LogP contribution in [0, 0.1) is 13.8 Å². The van der Waals surface area contributed by atoms with Crippen molar-refractivity contribution < 1.29 is 0 Å². The van der Waals surface area contributed by atoms with E-state index in [2.05, 4.69) is 60.6 Å². The third-order valence-electron chi connectivity index (χ3n) is 5.25. The monoisotopic (exact) mass is 520 g/mol. The largest absolute Gasteiger partial charge is 0.352 e. The topological polar surface area (TPSA) is 84.9 Å². The van der Waals surface area contributed by atoms with Gasteiger partial charge in [-0.15, -0.1) is 34.2 Å². The summed E-state index contributed by atoms with van der Waals surface area (Å²) < 4.78 is 4.22. The number of aromatic nitrogens is 5. The molecule has 9 heteroatoms. The van der Waals surface area contributed by atoms with Gasteiger partial charge >= 0.3 is 0 Å². The van der Waals surface area contributed by atoms with Crippen LogP contribution < -0.4 is 10.6 Å². The molecule has 2 N–H and O–H groups in total. The van der Waals surface area contributed by atoms with Crippen molar-refractivity contribution in [2.75, 3.05) is 7.05 Å². The molecule has 0 radical (unpaired) electrons. The van der Waals surface area contributed by atoms with Crippen molar-refractivity contribution in [2.45, 2.75) is 52.7 Å². The van der Waals surface area contributed by atoms with Crippen LogP contribution >= 0.6 is 24.0 Å². The van der Waals surface area contributed by atoms with E-state index in [4.69, 9.17) is 0 Å². The van der Waals surface area contributed by atoms with E-state index in [1.54, 1.807) is 7.05 Å². The summed E-state index contributed by atoms with van der Waals surface area (Å²) in [6.07, 6.45) is 3.40. The maximum atomic E-state index is 4.62. The lowest BCUT2D eigenvalue weighted by Crippen LogP contribution is -2.37. The molecule has 3 aromatic rings. The van der Waals surface area contributed by atoms with Crippen LogP contribution in [0.2, 0.25) is 0 Å². The number of halogens is 1. The number of hydrogen-bond donors (Lipinski definition) is 2. The lowest BCUT2D eigenvalue weighted by molar-refractivity contribution is 0.504. The Morgan fingerprint density at radius 3 is 2.67 bits per heavy atom. The van der Waals surface area contributed by atoms with Crippen molar-refractivity contribution in [3.8, 4) is 5.69 Å². The van der Waals surface area contributed by atoms with Gasteiger partial charge in [0.2, 0.25) is 0 Å². The van der Waals surface area contributed by atoms with Crippen LogP contribution in [0.4, 0.5) is 0 Å². The number of rotatable bonds is 5. The smallest absolute Gasteiger partial charge is 0.191 e. The Bertz CT molecular complexity index is 1020. The van der Waals surface area contributed by atoms with Gasteiger partial charge in [-0.2, -0.15) is 5.10 Å². The average molecular weight is 520 g/mol. The summed E-state index contributed by atoms with van der Waals surface area (Å²) in [4.78, 5) is 4.35. The van der Waals surface area contributed by atoms with Crippen LogP contribution in [-0.4, -0.2) is 37.6 Å². The highest BCUT2D eigenvalue weighted by Crippen LogP contribution is 2.17. The van der Waals surface area contributed by atoms with Gasteiger partial charge in [0.15, 0.2) is 11.8 Å². The summed E-state index contributed by atoms with van der Waals surface area (Å²) in [5.41, 5.74) is 4.36. The fourth-order valence-electron chi connectivity index (χ4n) is 3.80. The summed E-state index contributed by atoms with van der Waals surface area (Å²) in [7, 11) is 1.78. The second-order valence-corrected chi connectivity index (χ2v) is 7.39. The number of fused-ring (bicyclic) bond motifs is 1. The van der Waals surface area contributed by atoms with Crippen molar-refractivity contribution in [1.29, 1.82) is 0 Å².